The SMILES string of the molecule is CCCCOc1cccc(NC(=O)c2ccccc2C)c1. The van der Waals surface area contributed by atoms with Crippen LogP contribution in [-0.4, -0.2) is 12.5 Å². The van der Waals surface area contributed by atoms with Gasteiger partial charge in [-0.05, 0) is 37.1 Å². The van der Waals surface area contributed by atoms with Gasteiger partial charge in [-0.2, -0.15) is 0 Å². The highest BCUT2D eigenvalue weighted by atomic mass is 16.5. The van der Waals surface area contributed by atoms with Crippen LogP contribution in [-0.2, 0) is 0 Å². The number of nitrogens with one attached hydrogen (secondary N) is 1. The molecule has 0 fully saturated rings. The number of unbranched alkanes of at least 4 members (excludes halogenated alkanes) is 1. The van der Waals surface area contributed by atoms with Crippen LogP contribution in [0.2, 0.25) is 0 Å². The molecule has 0 aromatic heterocycles. The van der Waals surface area contributed by atoms with Crippen molar-refractivity contribution in [2.45, 2.75) is 26.7 Å². The number of carbonyl (C=O) groups is 1. The first kappa shape index (κ1) is 15.1. The van der Waals surface area contributed by atoms with Gasteiger partial charge in [-0.25, -0.2) is 0 Å². The van der Waals surface area contributed by atoms with Crippen LogP contribution in [0.25, 0.3) is 0 Å². The molecule has 0 atom stereocenters. The molecule has 1 N–H and O–H groups in total. The first-order valence-corrected chi connectivity index (χ1v) is 7.30. The van der Waals surface area contributed by atoms with E-state index in [1.165, 1.54) is 0 Å². The van der Waals surface area contributed by atoms with Crippen molar-refractivity contribution < 1.29 is 9.53 Å². The second-order valence-electron chi connectivity index (χ2n) is 5.00. The van der Waals surface area contributed by atoms with E-state index in [1.807, 2.05) is 55.5 Å². The van der Waals surface area contributed by atoms with Gasteiger partial charge < -0.3 is 10.1 Å². The van der Waals surface area contributed by atoms with Gasteiger partial charge in [-0.1, -0.05) is 37.6 Å². The predicted octanol–water partition coefficient (Wildman–Crippen LogP) is 4.43. The molecule has 0 heterocycles. The summed E-state index contributed by atoms with van der Waals surface area (Å²) in [5.74, 6) is 0.685. The highest BCUT2D eigenvalue weighted by Gasteiger charge is 2.08. The molecule has 3 heteroatoms. The molecule has 0 unspecified atom stereocenters. The Labute approximate surface area is 126 Å². The standard InChI is InChI=1S/C18H21NO2/c1-3-4-12-21-16-10-7-9-15(13-16)19-18(20)17-11-6-5-8-14(17)2/h5-11,13H,3-4,12H2,1-2H3,(H,19,20). The molecule has 0 aliphatic carbocycles. The summed E-state index contributed by atoms with van der Waals surface area (Å²) >= 11 is 0. The highest BCUT2D eigenvalue weighted by molar-refractivity contribution is 6.05. The van der Waals surface area contributed by atoms with Gasteiger partial charge in [-0.3, -0.25) is 4.79 Å². The molecule has 0 aliphatic rings. The lowest BCUT2D eigenvalue weighted by molar-refractivity contribution is 0.102. The molecule has 0 saturated heterocycles. The van der Waals surface area contributed by atoms with Crippen molar-refractivity contribution in [3.05, 3.63) is 59.7 Å². The van der Waals surface area contributed by atoms with Crippen LogP contribution < -0.4 is 10.1 Å². The molecular weight excluding hydrogens is 262 g/mol. The van der Waals surface area contributed by atoms with E-state index in [0.717, 1.165) is 29.8 Å². The summed E-state index contributed by atoms with van der Waals surface area (Å²) in [6.07, 6.45) is 2.13. The molecular formula is C18H21NO2. The zero-order valence-electron chi connectivity index (χ0n) is 12.6. The molecule has 0 saturated carbocycles. The number of rotatable bonds is 6. The van der Waals surface area contributed by atoms with Crippen LogP contribution in [0.3, 0.4) is 0 Å². The lowest BCUT2D eigenvalue weighted by atomic mass is 10.1. The van der Waals surface area contributed by atoms with Crippen LogP contribution >= 0.6 is 0 Å². The average Bonchev–Trinajstić information content (AvgIpc) is 2.48. The van der Waals surface area contributed by atoms with Crippen molar-refractivity contribution in [3.8, 4) is 5.75 Å². The summed E-state index contributed by atoms with van der Waals surface area (Å²) in [6, 6.07) is 15.1. The molecule has 0 bridgehead atoms. The summed E-state index contributed by atoms with van der Waals surface area (Å²) < 4.78 is 5.65. The van der Waals surface area contributed by atoms with Crippen LogP contribution in [0.5, 0.6) is 5.75 Å². The maximum Gasteiger partial charge on any atom is 0.255 e. The second kappa shape index (κ2) is 7.48. The quantitative estimate of drug-likeness (QED) is 0.797. The number of carbonyl (C=O) groups excluding carboxylic acids is 1. The van der Waals surface area contributed by atoms with Crippen molar-refractivity contribution in [2.24, 2.45) is 0 Å². The zero-order valence-corrected chi connectivity index (χ0v) is 12.6. The Hall–Kier alpha value is -2.29. The number of amides is 1. The normalized spacial score (nSPS) is 10.2. The maximum atomic E-state index is 12.3. The smallest absolute Gasteiger partial charge is 0.255 e. The fourth-order valence-electron chi connectivity index (χ4n) is 2.02. The Balaban J connectivity index is 2.04. The Morgan fingerprint density at radius 2 is 1.95 bits per heavy atom. The molecule has 2 aromatic rings. The Morgan fingerprint density at radius 1 is 1.14 bits per heavy atom. The largest absolute Gasteiger partial charge is 0.494 e. The van der Waals surface area contributed by atoms with E-state index >= 15 is 0 Å². The summed E-state index contributed by atoms with van der Waals surface area (Å²) in [4.78, 5) is 12.3. The zero-order chi connectivity index (χ0) is 15.1. The van der Waals surface area contributed by atoms with E-state index in [-0.39, 0.29) is 5.91 Å². The summed E-state index contributed by atoms with van der Waals surface area (Å²) in [5, 5.41) is 2.91. The number of aryl methyl sites for hydroxylation is 1. The summed E-state index contributed by atoms with van der Waals surface area (Å²) in [7, 11) is 0. The van der Waals surface area contributed by atoms with E-state index in [1.54, 1.807) is 0 Å². The van der Waals surface area contributed by atoms with Crippen molar-refractivity contribution >= 4 is 11.6 Å². The minimum Gasteiger partial charge on any atom is -0.494 e. The lowest BCUT2D eigenvalue weighted by Gasteiger charge is -2.10. The molecule has 2 aromatic carbocycles. The molecule has 2 rings (SSSR count). The van der Waals surface area contributed by atoms with E-state index in [9.17, 15) is 4.79 Å². The summed E-state index contributed by atoms with van der Waals surface area (Å²) in [5.41, 5.74) is 2.40. The number of hydrogen-bond donors (Lipinski definition) is 1. The Morgan fingerprint density at radius 3 is 2.71 bits per heavy atom. The van der Waals surface area contributed by atoms with Gasteiger partial charge in [0.05, 0.1) is 6.61 Å². The van der Waals surface area contributed by atoms with E-state index in [2.05, 4.69) is 12.2 Å². The van der Waals surface area contributed by atoms with Crippen molar-refractivity contribution in [2.75, 3.05) is 11.9 Å². The van der Waals surface area contributed by atoms with E-state index in [0.29, 0.717) is 12.2 Å². The minimum absolute atomic E-state index is 0.0983. The topological polar surface area (TPSA) is 38.3 Å². The van der Waals surface area contributed by atoms with Gasteiger partial charge in [-0.15, -0.1) is 0 Å². The number of ether oxygens (including phenoxy) is 1. The third kappa shape index (κ3) is 4.35. The van der Waals surface area contributed by atoms with Gasteiger partial charge >= 0.3 is 0 Å². The molecule has 0 aliphatic heterocycles. The molecule has 21 heavy (non-hydrogen) atoms. The van der Waals surface area contributed by atoms with Crippen LogP contribution in [0.4, 0.5) is 5.69 Å². The minimum atomic E-state index is -0.0983. The third-order valence-electron chi connectivity index (χ3n) is 3.25. The van der Waals surface area contributed by atoms with Gasteiger partial charge in [0.25, 0.3) is 5.91 Å². The van der Waals surface area contributed by atoms with Crippen molar-refractivity contribution in [3.63, 3.8) is 0 Å². The molecule has 0 spiro atoms. The van der Waals surface area contributed by atoms with Gasteiger partial charge in [0.15, 0.2) is 0 Å². The molecule has 3 nitrogen and oxygen atoms in total. The Kier molecular flexibility index (Phi) is 5.38. The third-order valence-corrected chi connectivity index (χ3v) is 3.25. The lowest BCUT2D eigenvalue weighted by Crippen LogP contribution is -2.13. The fraction of sp³-hybridized carbons (Fsp3) is 0.278. The van der Waals surface area contributed by atoms with Gasteiger partial charge in [0, 0.05) is 17.3 Å². The van der Waals surface area contributed by atoms with E-state index in [4.69, 9.17) is 4.74 Å². The monoisotopic (exact) mass is 283 g/mol. The van der Waals surface area contributed by atoms with Gasteiger partial charge in [0.2, 0.25) is 0 Å². The number of benzene rings is 2. The number of anilines is 1. The fourth-order valence-corrected chi connectivity index (χ4v) is 2.02. The molecule has 110 valence electrons. The average molecular weight is 283 g/mol. The molecule has 0 radical (unpaired) electrons. The van der Waals surface area contributed by atoms with E-state index < -0.39 is 0 Å². The van der Waals surface area contributed by atoms with Crippen LogP contribution in [0.1, 0.15) is 35.7 Å². The maximum absolute atomic E-state index is 12.3. The highest BCUT2D eigenvalue weighted by Crippen LogP contribution is 2.19. The first-order valence-electron chi connectivity index (χ1n) is 7.30. The molecule has 1 amide bonds. The van der Waals surface area contributed by atoms with Crippen LogP contribution in [0, 0.1) is 6.92 Å². The predicted molar refractivity (Wildman–Crippen MR) is 86.0 cm³/mol. The Bertz CT molecular complexity index is 608. The van der Waals surface area contributed by atoms with Gasteiger partial charge in [0.1, 0.15) is 5.75 Å². The first-order chi connectivity index (χ1) is 10.2. The summed E-state index contributed by atoms with van der Waals surface area (Å²) in [6.45, 7) is 4.76. The van der Waals surface area contributed by atoms with Crippen molar-refractivity contribution in [1.29, 1.82) is 0 Å². The van der Waals surface area contributed by atoms with Crippen molar-refractivity contribution in [1.82, 2.24) is 0 Å². The number of hydrogen-bond acceptors (Lipinski definition) is 2. The second-order valence-corrected chi connectivity index (χ2v) is 5.00. The van der Waals surface area contributed by atoms with Crippen LogP contribution in [0.15, 0.2) is 48.5 Å².